The first kappa shape index (κ1) is 16.7. The predicted octanol–water partition coefficient (Wildman–Crippen LogP) is 5.51. The van der Waals surface area contributed by atoms with E-state index in [1.165, 1.54) is 4.88 Å². The molecule has 5 heteroatoms. The van der Waals surface area contributed by atoms with E-state index in [0.29, 0.717) is 6.42 Å². The molecule has 2 atom stereocenters. The van der Waals surface area contributed by atoms with Crippen LogP contribution in [0.5, 0.6) is 0 Å². The molecule has 4 nitrogen and oxygen atoms in total. The summed E-state index contributed by atoms with van der Waals surface area (Å²) < 4.78 is 2.19. The molecule has 142 valence electrons. The lowest BCUT2D eigenvalue weighted by atomic mass is 9.80. The summed E-state index contributed by atoms with van der Waals surface area (Å²) in [5.74, 6) is 1.29. The number of rotatable bonds is 2. The highest BCUT2D eigenvalue weighted by atomic mass is 32.1. The fourth-order valence-corrected chi connectivity index (χ4v) is 5.53. The van der Waals surface area contributed by atoms with Crippen molar-refractivity contribution in [2.75, 3.05) is 5.32 Å². The van der Waals surface area contributed by atoms with Gasteiger partial charge < -0.3 is 5.32 Å². The van der Waals surface area contributed by atoms with Crippen molar-refractivity contribution in [2.45, 2.75) is 24.8 Å². The monoisotopic (exact) mass is 397 g/mol. The molecule has 3 heterocycles. The lowest BCUT2D eigenvalue weighted by Crippen LogP contribution is -2.32. The number of hydrogen-bond acceptors (Lipinski definition) is 4. The molecule has 2 aliphatic rings. The number of ketones is 1. The van der Waals surface area contributed by atoms with Crippen molar-refractivity contribution < 1.29 is 4.79 Å². The zero-order chi connectivity index (χ0) is 19.4. The van der Waals surface area contributed by atoms with E-state index in [-0.39, 0.29) is 17.7 Å². The van der Waals surface area contributed by atoms with Crippen molar-refractivity contribution in [1.29, 1.82) is 0 Å². The Morgan fingerprint density at radius 1 is 0.966 bits per heavy atom. The molecule has 0 radical (unpaired) electrons. The number of para-hydroxylation sites is 2. The van der Waals surface area contributed by atoms with E-state index in [9.17, 15) is 4.79 Å². The SMILES string of the molecule is O=C1C[C@@H](c2cccs2)CC2=C1[C@H](c1ccccc1)n1c(nc3ccccc31)N2. The van der Waals surface area contributed by atoms with Crippen molar-refractivity contribution in [3.8, 4) is 0 Å². The summed E-state index contributed by atoms with van der Waals surface area (Å²) in [6.07, 6.45) is 1.40. The fourth-order valence-electron chi connectivity index (χ4n) is 4.70. The zero-order valence-electron chi connectivity index (χ0n) is 15.7. The summed E-state index contributed by atoms with van der Waals surface area (Å²) in [6, 6.07) is 22.5. The van der Waals surface area contributed by atoms with E-state index in [1.807, 2.05) is 36.4 Å². The molecule has 0 fully saturated rings. The van der Waals surface area contributed by atoms with E-state index >= 15 is 0 Å². The highest BCUT2D eigenvalue weighted by Crippen LogP contribution is 2.46. The number of benzene rings is 2. The number of nitrogens with one attached hydrogen (secondary N) is 1. The number of thiophene rings is 1. The largest absolute Gasteiger partial charge is 0.329 e. The van der Waals surface area contributed by atoms with Gasteiger partial charge in [0.25, 0.3) is 0 Å². The minimum Gasteiger partial charge on any atom is -0.329 e. The summed E-state index contributed by atoms with van der Waals surface area (Å²) in [4.78, 5) is 19.6. The van der Waals surface area contributed by atoms with Gasteiger partial charge in [-0.1, -0.05) is 48.5 Å². The lowest BCUT2D eigenvalue weighted by molar-refractivity contribution is -0.116. The highest BCUT2D eigenvalue weighted by molar-refractivity contribution is 7.10. The lowest BCUT2D eigenvalue weighted by Gasteiger charge is -2.36. The van der Waals surface area contributed by atoms with E-state index < -0.39 is 0 Å². The van der Waals surface area contributed by atoms with Gasteiger partial charge in [0.15, 0.2) is 5.78 Å². The molecular weight excluding hydrogens is 378 g/mol. The molecule has 4 aromatic rings. The molecule has 0 unspecified atom stereocenters. The second-order valence-corrected chi connectivity index (χ2v) is 8.65. The van der Waals surface area contributed by atoms with Crippen molar-refractivity contribution in [3.05, 3.63) is 93.8 Å². The van der Waals surface area contributed by atoms with Crippen molar-refractivity contribution in [1.82, 2.24) is 9.55 Å². The number of anilines is 1. The van der Waals surface area contributed by atoms with Gasteiger partial charge in [-0.3, -0.25) is 9.36 Å². The first-order valence-electron chi connectivity index (χ1n) is 9.88. The number of allylic oxidation sites excluding steroid dienone is 2. The fraction of sp³-hybridized carbons (Fsp3) is 0.167. The van der Waals surface area contributed by atoms with Gasteiger partial charge in [0.2, 0.25) is 5.95 Å². The zero-order valence-corrected chi connectivity index (χ0v) is 16.5. The Hall–Kier alpha value is -3.18. The third-order valence-electron chi connectivity index (χ3n) is 5.96. The first-order valence-corrected chi connectivity index (χ1v) is 10.8. The van der Waals surface area contributed by atoms with Crippen LogP contribution in [0.4, 0.5) is 5.95 Å². The van der Waals surface area contributed by atoms with Gasteiger partial charge in [-0.2, -0.15) is 0 Å². The second-order valence-electron chi connectivity index (χ2n) is 7.67. The smallest absolute Gasteiger partial charge is 0.209 e. The Kier molecular flexibility index (Phi) is 3.71. The Labute approximate surface area is 172 Å². The Balaban J connectivity index is 1.56. The van der Waals surface area contributed by atoms with Crippen LogP contribution in [0.25, 0.3) is 11.0 Å². The molecule has 0 saturated heterocycles. The first-order chi connectivity index (χ1) is 14.3. The normalized spacial score (nSPS) is 21.0. The van der Waals surface area contributed by atoms with Crippen LogP contribution in [-0.4, -0.2) is 15.3 Å². The number of nitrogens with zero attached hydrogens (tertiary/aromatic N) is 2. The van der Waals surface area contributed by atoms with E-state index in [1.54, 1.807) is 11.3 Å². The van der Waals surface area contributed by atoms with E-state index in [2.05, 4.69) is 45.6 Å². The molecule has 29 heavy (non-hydrogen) atoms. The quantitative estimate of drug-likeness (QED) is 0.485. The maximum atomic E-state index is 13.5. The third-order valence-corrected chi connectivity index (χ3v) is 6.99. The van der Waals surface area contributed by atoms with Crippen LogP contribution in [-0.2, 0) is 4.79 Å². The van der Waals surface area contributed by atoms with Crippen LogP contribution in [0.15, 0.2) is 83.4 Å². The van der Waals surface area contributed by atoms with Crippen LogP contribution in [0.2, 0.25) is 0 Å². The maximum Gasteiger partial charge on any atom is 0.209 e. The maximum absolute atomic E-state index is 13.5. The van der Waals surface area contributed by atoms with Crippen molar-refractivity contribution >= 4 is 34.1 Å². The number of imidazole rings is 1. The standard InChI is InChI=1S/C24H19N3OS/c28-20-14-16(21-11-6-12-29-21)13-18-22(20)23(15-7-2-1-3-8-15)27-19-10-5-4-9-17(19)25-24(27)26-18/h1-12,16,23H,13-14H2,(H,25,26)/t16-,23-/m0/s1. The molecule has 0 saturated carbocycles. The van der Waals surface area contributed by atoms with Crippen LogP contribution in [0.3, 0.4) is 0 Å². The van der Waals surface area contributed by atoms with Crippen LogP contribution in [0, 0.1) is 0 Å². The molecule has 0 amide bonds. The number of Topliss-reactive ketones (excluding diaryl/α,β-unsaturated/α-hetero) is 1. The summed E-state index contributed by atoms with van der Waals surface area (Å²) in [5.41, 5.74) is 5.02. The minimum atomic E-state index is -0.147. The molecule has 0 spiro atoms. The van der Waals surface area contributed by atoms with Gasteiger partial charge in [0.05, 0.1) is 17.1 Å². The number of aromatic nitrogens is 2. The molecule has 6 rings (SSSR count). The van der Waals surface area contributed by atoms with Gasteiger partial charge in [-0.05, 0) is 35.6 Å². The van der Waals surface area contributed by atoms with Gasteiger partial charge >= 0.3 is 0 Å². The number of fused-ring (bicyclic) bond motifs is 3. The Morgan fingerprint density at radius 2 is 1.79 bits per heavy atom. The molecule has 1 aliphatic heterocycles. The topological polar surface area (TPSA) is 46.9 Å². The second kappa shape index (κ2) is 6.42. The summed E-state index contributed by atoms with van der Waals surface area (Å²) in [6.45, 7) is 0. The van der Waals surface area contributed by atoms with Gasteiger partial charge in [-0.25, -0.2) is 4.98 Å². The van der Waals surface area contributed by atoms with Gasteiger partial charge in [0.1, 0.15) is 0 Å². The van der Waals surface area contributed by atoms with Gasteiger partial charge in [0, 0.05) is 28.5 Å². The Morgan fingerprint density at radius 3 is 2.62 bits per heavy atom. The van der Waals surface area contributed by atoms with Gasteiger partial charge in [-0.15, -0.1) is 11.3 Å². The average Bonchev–Trinajstić information content (AvgIpc) is 3.40. The van der Waals surface area contributed by atoms with Crippen LogP contribution >= 0.6 is 11.3 Å². The molecule has 1 aliphatic carbocycles. The highest BCUT2D eigenvalue weighted by Gasteiger charge is 2.39. The van der Waals surface area contributed by atoms with E-state index in [4.69, 9.17) is 4.98 Å². The average molecular weight is 398 g/mol. The Bertz CT molecular complexity index is 1250. The molecule has 1 N–H and O–H groups in total. The summed E-state index contributed by atoms with van der Waals surface area (Å²) in [7, 11) is 0. The predicted molar refractivity (Wildman–Crippen MR) is 116 cm³/mol. The molecule has 2 aromatic heterocycles. The minimum absolute atomic E-state index is 0.147. The molecule has 0 bridgehead atoms. The van der Waals surface area contributed by atoms with Crippen LogP contribution in [0.1, 0.15) is 35.2 Å². The number of hydrogen-bond donors (Lipinski definition) is 1. The molecular formula is C24H19N3OS. The summed E-state index contributed by atoms with van der Waals surface area (Å²) >= 11 is 1.73. The third kappa shape index (κ3) is 2.58. The van der Waals surface area contributed by atoms with Crippen LogP contribution < -0.4 is 5.32 Å². The number of carbonyl (C=O) groups is 1. The number of carbonyl (C=O) groups excluding carboxylic acids is 1. The van der Waals surface area contributed by atoms with Crippen molar-refractivity contribution in [3.63, 3.8) is 0 Å². The van der Waals surface area contributed by atoms with E-state index in [0.717, 1.165) is 40.2 Å². The summed E-state index contributed by atoms with van der Waals surface area (Å²) in [5, 5.41) is 5.61. The molecule has 2 aromatic carbocycles. The van der Waals surface area contributed by atoms with Crippen molar-refractivity contribution in [2.24, 2.45) is 0 Å².